The maximum Gasteiger partial charge on any atom is 0.115 e. The molecule has 1 aliphatic carbocycles. The van der Waals surface area contributed by atoms with Crippen molar-refractivity contribution in [1.82, 2.24) is 4.90 Å². The Labute approximate surface area is 121 Å². The highest BCUT2D eigenvalue weighted by Crippen LogP contribution is 2.35. The first-order valence-electron chi connectivity index (χ1n) is 7.94. The predicted molar refractivity (Wildman–Crippen MR) is 79.5 cm³/mol. The average Bonchev–Trinajstić information content (AvgIpc) is 2.86. The third-order valence-corrected chi connectivity index (χ3v) is 4.99. The monoisotopic (exact) mass is 275 g/mol. The van der Waals surface area contributed by atoms with E-state index in [0.717, 1.165) is 19.5 Å². The lowest BCUT2D eigenvalue weighted by Crippen LogP contribution is -2.45. The Kier molecular flexibility index (Phi) is 4.27. The summed E-state index contributed by atoms with van der Waals surface area (Å²) >= 11 is 0. The number of hydrogen-bond donors (Lipinski definition) is 2. The van der Waals surface area contributed by atoms with Gasteiger partial charge in [0.25, 0.3) is 0 Å². The van der Waals surface area contributed by atoms with E-state index in [-0.39, 0.29) is 6.10 Å². The van der Waals surface area contributed by atoms with Crippen molar-refractivity contribution in [2.75, 3.05) is 6.54 Å². The molecule has 3 rings (SSSR count). The van der Waals surface area contributed by atoms with Gasteiger partial charge in [-0.1, -0.05) is 25.0 Å². The van der Waals surface area contributed by atoms with Gasteiger partial charge in [0.1, 0.15) is 5.75 Å². The second-order valence-electron chi connectivity index (χ2n) is 6.37. The van der Waals surface area contributed by atoms with Crippen LogP contribution in [0.25, 0.3) is 0 Å². The number of aliphatic hydroxyl groups excluding tert-OH is 1. The highest BCUT2D eigenvalue weighted by atomic mass is 16.3. The summed E-state index contributed by atoms with van der Waals surface area (Å²) in [5, 5.41) is 19.8. The number of phenolic OH excluding ortho intramolecular Hbond substituents is 1. The molecule has 20 heavy (non-hydrogen) atoms. The Morgan fingerprint density at radius 3 is 2.75 bits per heavy atom. The summed E-state index contributed by atoms with van der Waals surface area (Å²) in [5.74, 6) is 0.796. The van der Waals surface area contributed by atoms with Gasteiger partial charge in [0.05, 0.1) is 6.10 Å². The van der Waals surface area contributed by atoms with Crippen LogP contribution in [0.1, 0.15) is 44.1 Å². The van der Waals surface area contributed by atoms with Crippen LogP contribution in [0, 0.1) is 5.92 Å². The largest absolute Gasteiger partial charge is 0.508 e. The van der Waals surface area contributed by atoms with Crippen molar-refractivity contribution in [3.8, 4) is 5.75 Å². The summed E-state index contributed by atoms with van der Waals surface area (Å²) < 4.78 is 0. The molecule has 0 radical (unpaired) electrons. The van der Waals surface area contributed by atoms with Gasteiger partial charge < -0.3 is 10.2 Å². The van der Waals surface area contributed by atoms with E-state index in [1.807, 2.05) is 12.1 Å². The number of benzene rings is 1. The third-order valence-electron chi connectivity index (χ3n) is 4.99. The fraction of sp³-hybridized carbons (Fsp3) is 0.647. The second-order valence-corrected chi connectivity index (χ2v) is 6.37. The Balaban J connectivity index is 1.72. The summed E-state index contributed by atoms with van der Waals surface area (Å²) in [6, 6.07) is 8.09. The minimum atomic E-state index is -0.107. The van der Waals surface area contributed by atoms with Crippen molar-refractivity contribution in [1.29, 1.82) is 0 Å². The van der Waals surface area contributed by atoms with Crippen LogP contribution in [0.3, 0.4) is 0 Å². The number of piperidine rings is 1. The zero-order valence-corrected chi connectivity index (χ0v) is 12.0. The molecule has 2 fully saturated rings. The second kappa shape index (κ2) is 6.15. The highest BCUT2D eigenvalue weighted by molar-refractivity contribution is 5.27. The molecule has 3 unspecified atom stereocenters. The fourth-order valence-electron chi connectivity index (χ4n) is 4.01. The Hall–Kier alpha value is -1.06. The molecule has 1 aromatic rings. The summed E-state index contributed by atoms with van der Waals surface area (Å²) in [7, 11) is 0. The van der Waals surface area contributed by atoms with Gasteiger partial charge in [-0.3, -0.25) is 4.90 Å². The number of rotatable bonds is 3. The smallest absolute Gasteiger partial charge is 0.115 e. The predicted octanol–water partition coefficient (Wildman–Crippen LogP) is 2.91. The van der Waals surface area contributed by atoms with Gasteiger partial charge in [0, 0.05) is 18.5 Å². The first-order valence-corrected chi connectivity index (χ1v) is 7.94. The average molecular weight is 275 g/mol. The van der Waals surface area contributed by atoms with Crippen LogP contribution in [0.15, 0.2) is 24.3 Å². The summed E-state index contributed by atoms with van der Waals surface area (Å²) in [5.41, 5.74) is 1.17. The summed E-state index contributed by atoms with van der Waals surface area (Å²) in [6.07, 6.45) is 6.94. The first kappa shape index (κ1) is 13.9. The highest BCUT2D eigenvalue weighted by Gasteiger charge is 2.36. The van der Waals surface area contributed by atoms with E-state index in [2.05, 4.69) is 11.0 Å². The fourth-order valence-corrected chi connectivity index (χ4v) is 4.01. The van der Waals surface area contributed by atoms with Crippen molar-refractivity contribution in [2.45, 2.75) is 57.2 Å². The van der Waals surface area contributed by atoms with Gasteiger partial charge >= 0.3 is 0 Å². The number of likely N-dealkylation sites (tertiary alicyclic amines) is 1. The van der Waals surface area contributed by atoms with E-state index in [0.29, 0.717) is 17.7 Å². The lowest BCUT2D eigenvalue weighted by atomic mass is 9.87. The lowest BCUT2D eigenvalue weighted by molar-refractivity contribution is 0.0312. The quantitative estimate of drug-likeness (QED) is 0.891. The maximum atomic E-state index is 10.2. The molecule has 1 heterocycles. The number of aromatic hydroxyl groups is 1. The minimum Gasteiger partial charge on any atom is -0.508 e. The molecule has 1 saturated carbocycles. The van der Waals surface area contributed by atoms with Gasteiger partial charge in [-0.05, 0) is 49.9 Å². The molecule has 0 spiro atoms. The Morgan fingerprint density at radius 1 is 1.10 bits per heavy atom. The van der Waals surface area contributed by atoms with Crippen molar-refractivity contribution in [3.63, 3.8) is 0 Å². The van der Waals surface area contributed by atoms with Crippen molar-refractivity contribution >= 4 is 0 Å². The van der Waals surface area contributed by atoms with Crippen LogP contribution in [0.2, 0.25) is 0 Å². The molecular weight excluding hydrogens is 250 g/mol. The van der Waals surface area contributed by atoms with E-state index < -0.39 is 0 Å². The number of nitrogens with zero attached hydrogens (tertiary/aromatic N) is 1. The zero-order chi connectivity index (χ0) is 13.9. The van der Waals surface area contributed by atoms with Gasteiger partial charge in [-0.15, -0.1) is 0 Å². The first-order chi connectivity index (χ1) is 9.74. The molecule has 0 bridgehead atoms. The van der Waals surface area contributed by atoms with Gasteiger partial charge in [0.15, 0.2) is 0 Å². The SMILES string of the molecule is Oc1cccc(CN2CCCCC2C2CCCC2O)c1. The van der Waals surface area contributed by atoms with Crippen LogP contribution in [0.5, 0.6) is 5.75 Å². The molecule has 0 amide bonds. The van der Waals surface area contributed by atoms with Gasteiger partial charge in [-0.2, -0.15) is 0 Å². The van der Waals surface area contributed by atoms with E-state index >= 15 is 0 Å². The summed E-state index contributed by atoms with van der Waals surface area (Å²) in [4.78, 5) is 2.53. The Bertz CT molecular complexity index is 448. The topological polar surface area (TPSA) is 43.7 Å². The Morgan fingerprint density at radius 2 is 2.00 bits per heavy atom. The molecule has 3 nitrogen and oxygen atoms in total. The normalized spacial score (nSPS) is 31.6. The van der Waals surface area contributed by atoms with Crippen LogP contribution >= 0.6 is 0 Å². The number of phenols is 1. The molecule has 1 aliphatic heterocycles. The van der Waals surface area contributed by atoms with E-state index in [1.165, 1.54) is 37.7 Å². The van der Waals surface area contributed by atoms with E-state index in [4.69, 9.17) is 0 Å². The summed E-state index contributed by atoms with van der Waals surface area (Å²) in [6.45, 7) is 2.01. The van der Waals surface area contributed by atoms with Crippen LogP contribution in [-0.4, -0.2) is 33.8 Å². The molecular formula is C17H25NO2. The van der Waals surface area contributed by atoms with Gasteiger partial charge in [-0.25, -0.2) is 0 Å². The zero-order valence-electron chi connectivity index (χ0n) is 12.0. The maximum absolute atomic E-state index is 10.2. The number of hydrogen-bond acceptors (Lipinski definition) is 3. The van der Waals surface area contributed by atoms with E-state index in [9.17, 15) is 10.2 Å². The van der Waals surface area contributed by atoms with Crippen molar-refractivity contribution < 1.29 is 10.2 Å². The van der Waals surface area contributed by atoms with Crippen molar-refractivity contribution in [2.24, 2.45) is 5.92 Å². The molecule has 0 aromatic heterocycles. The molecule has 2 N–H and O–H groups in total. The van der Waals surface area contributed by atoms with Crippen LogP contribution in [-0.2, 0) is 6.54 Å². The van der Waals surface area contributed by atoms with Crippen LogP contribution in [0.4, 0.5) is 0 Å². The van der Waals surface area contributed by atoms with E-state index in [1.54, 1.807) is 6.07 Å². The molecule has 3 heteroatoms. The molecule has 2 aliphatic rings. The minimum absolute atomic E-state index is 0.107. The molecule has 1 aromatic carbocycles. The third kappa shape index (κ3) is 2.99. The number of aliphatic hydroxyl groups is 1. The lowest BCUT2D eigenvalue weighted by Gasteiger charge is -2.40. The van der Waals surface area contributed by atoms with Crippen LogP contribution < -0.4 is 0 Å². The molecule has 3 atom stereocenters. The van der Waals surface area contributed by atoms with Crippen molar-refractivity contribution in [3.05, 3.63) is 29.8 Å². The van der Waals surface area contributed by atoms with Gasteiger partial charge in [0.2, 0.25) is 0 Å². The molecule has 1 saturated heterocycles. The molecule has 110 valence electrons. The standard InChI is InChI=1S/C17H25NO2/c19-14-6-3-5-13(11-14)12-18-10-2-1-8-16(18)15-7-4-9-17(15)20/h3,5-6,11,15-17,19-20H,1-2,4,7-10,12H2.